The third-order valence-electron chi connectivity index (χ3n) is 6.94. The Morgan fingerprint density at radius 3 is 2.34 bits per heavy atom. The van der Waals surface area contributed by atoms with E-state index in [-0.39, 0.29) is 17.7 Å². The second-order valence-electron chi connectivity index (χ2n) is 9.56. The van der Waals surface area contributed by atoms with Crippen molar-refractivity contribution < 1.29 is 9.59 Å². The molecule has 0 fully saturated rings. The van der Waals surface area contributed by atoms with Crippen molar-refractivity contribution in [1.29, 1.82) is 0 Å². The van der Waals surface area contributed by atoms with Crippen LogP contribution < -0.4 is 11.3 Å². The summed E-state index contributed by atoms with van der Waals surface area (Å²) in [6, 6.07) is 25.0. The lowest BCUT2D eigenvalue weighted by Gasteiger charge is -2.34. The molecule has 3 aromatic carbocycles. The van der Waals surface area contributed by atoms with Gasteiger partial charge in [0.15, 0.2) is 0 Å². The Kier molecular flexibility index (Phi) is 5.91. The zero-order chi connectivity index (χ0) is 24.7. The van der Waals surface area contributed by atoms with Crippen LogP contribution in [0, 0.1) is 5.92 Å². The normalized spacial score (nSPS) is 16.1. The fourth-order valence-corrected chi connectivity index (χ4v) is 5.49. The summed E-state index contributed by atoms with van der Waals surface area (Å²) in [5.74, 6) is 5.31. The summed E-state index contributed by atoms with van der Waals surface area (Å²) in [5, 5.41) is 1.06. The Bertz CT molecular complexity index is 1410. The summed E-state index contributed by atoms with van der Waals surface area (Å²) in [7, 11) is 2.05. The van der Waals surface area contributed by atoms with Gasteiger partial charge in [-0.05, 0) is 35.6 Å². The topological polar surface area (TPSA) is 80.4 Å². The van der Waals surface area contributed by atoms with Crippen molar-refractivity contribution in [2.45, 2.75) is 32.4 Å². The molecule has 2 heterocycles. The summed E-state index contributed by atoms with van der Waals surface area (Å²) in [6.45, 7) is 4.10. The number of fused-ring (bicyclic) bond motifs is 2. The maximum atomic E-state index is 13.9. The lowest BCUT2D eigenvalue weighted by Crippen LogP contribution is -2.51. The summed E-state index contributed by atoms with van der Waals surface area (Å²) in [6.07, 6.45) is 0.505. The van der Waals surface area contributed by atoms with Gasteiger partial charge >= 0.3 is 0 Å². The minimum absolute atomic E-state index is 0.146. The van der Waals surface area contributed by atoms with Crippen molar-refractivity contribution in [1.82, 2.24) is 14.9 Å². The molecule has 3 N–H and O–H groups in total. The van der Waals surface area contributed by atoms with E-state index in [2.05, 4.69) is 41.3 Å². The zero-order valence-corrected chi connectivity index (χ0v) is 20.2. The van der Waals surface area contributed by atoms with Crippen molar-refractivity contribution in [3.63, 3.8) is 0 Å². The molecule has 0 aliphatic carbocycles. The molecule has 0 saturated heterocycles. The molecule has 2 unspecified atom stereocenters. The number of hydrogen-bond donors (Lipinski definition) is 2. The molecule has 0 bridgehead atoms. The van der Waals surface area contributed by atoms with E-state index >= 15 is 0 Å². The van der Waals surface area contributed by atoms with Gasteiger partial charge in [0.2, 0.25) is 0 Å². The zero-order valence-electron chi connectivity index (χ0n) is 20.2. The highest BCUT2D eigenvalue weighted by atomic mass is 16.2. The second-order valence-corrected chi connectivity index (χ2v) is 9.56. The van der Waals surface area contributed by atoms with E-state index in [1.54, 1.807) is 4.90 Å². The van der Waals surface area contributed by atoms with Gasteiger partial charge in [0.05, 0.1) is 11.7 Å². The molecule has 0 spiro atoms. The number of hydrogen-bond acceptors (Lipinski definition) is 3. The van der Waals surface area contributed by atoms with E-state index in [9.17, 15) is 9.59 Å². The van der Waals surface area contributed by atoms with Gasteiger partial charge in [-0.15, -0.1) is 0 Å². The van der Waals surface area contributed by atoms with Gasteiger partial charge in [0.25, 0.3) is 11.8 Å². The number of amides is 2. The lowest BCUT2D eigenvalue weighted by atomic mass is 9.91. The van der Waals surface area contributed by atoms with E-state index in [4.69, 9.17) is 5.84 Å². The highest BCUT2D eigenvalue weighted by molar-refractivity contribution is 6.04. The van der Waals surface area contributed by atoms with E-state index in [1.807, 2.05) is 68.4 Å². The van der Waals surface area contributed by atoms with Crippen LogP contribution in [0.3, 0.4) is 0 Å². The number of nitrogens with one attached hydrogen (secondary N) is 1. The highest BCUT2D eigenvalue weighted by Gasteiger charge is 2.45. The van der Waals surface area contributed by atoms with Crippen LogP contribution in [-0.4, -0.2) is 27.3 Å². The fourth-order valence-electron chi connectivity index (χ4n) is 5.49. The Morgan fingerprint density at radius 2 is 1.63 bits per heavy atom. The first-order valence-electron chi connectivity index (χ1n) is 12.0. The van der Waals surface area contributed by atoms with Gasteiger partial charge in [0, 0.05) is 29.1 Å². The summed E-state index contributed by atoms with van der Waals surface area (Å²) in [5.41, 5.74) is 8.03. The van der Waals surface area contributed by atoms with Crippen molar-refractivity contribution >= 4 is 22.7 Å². The summed E-state index contributed by atoms with van der Waals surface area (Å²) < 4.78 is 2.18. The molecule has 6 heteroatoms. The number of nitrogens with two attached hydrogens (primary N) is 1. The van der Waals surface area contributed by atoms with Crippen LogP contribution >= 0.6 is 0 Å². The third-order valence-corrected chi connectivity index (χ3v) is 6.94. The smallest absolute Gasteiger partial charge is 0.256 e. The lowest BCUT2D eigenvalue weighted by molar-refractivity contribution is -0.126. The minimum Gasteiger partial charge on any atom is -0.343 e. The van der Waals surface area contributed by atoms with Crippen molar-refractivity contribution in [3.8, 4) is 11.3 Å². The maximum Gasteiger partial charge on any atom is 0.256 e. The van der Waals surface area contributed by atoms with Crippen LogP contribution in [0.25, 0.3) is 22.2 Å². The summed E-state index contributed by atoms with van der Waals surface area (Å²) in [4.78, 5) is 28.8. The van der Waals surface area contributed by atoms with E-state index in [1.165, 1.54) is 0 Å². The van der Waals surface area contributed by atoms with Crippen LogP contribution in [-0.2, 0) is 11.8 Å². The molecular weight excluding hydrogens is 436 g/mol. The van der Waals surface area contributed by atoms with Gasteiger partial charge in [-0.2, -0.15) is 0 Å². The average molecular weight is 467 g/mol. The van der Waals surface area contributed by atoms with Gasteiger partial charge in [-0.25, -0.2) is 5.84 Å². The first-order chi connectivity index (χ1) is 16.9. The number of nitrogens with zero attached hydrogens (tertiary/aromatic N) is 2. The predicted molar refractivity (Wildman–Crippen MR) is 138 cm³/mol. The molecule has 0 radical (unpaired) electrons. The molecule has 4 aromatic rings. The van der Waals surface area contributed by atoms with E-state index in [0.717, 1.165) is 33.3 Å². The van der Waals surface area contributed by atoms with Crippen LogP contribution in [0.2, 0.25) is 0 Å². The Balaban J connectivity index is 1.84. The van der Waals surface area contributed by atoms with Gasteiger partial charge in [-0.3, -0.25) is 15.0 Å². The second kappa shape index (κ2) is 9.04. The highest BCUT2D eigenvalue weighted by Crippen LogP contribution is 2.47. The number of benzene rings is 3. The predicted octanol–water partition coefficient (Wildman–Crippen LogP) is 4.80. The molecule has 0 saturated carbocycles. The first-order valence-corrected chi connectivity index (χ1v) is 12.0. The number of rotatable bonds is 6. The SMILES string of the molecule is CC(C)CC(C(=O)NN)N1C(=O)c2ccccc2C1c1c(-c2ccccc2)n(C)c2ccccc12. The Hall–Kier alpha value is -3.90. The molecule has 1 aliphatic rings. The average Bonchev–Trinajstić information content (AvgIpc) is 3.33. The Morgan fingerprint density at radius 1 is 0.971 bits per heavy atom. The van der Waals surface area contributed by atoms with Crippen molar-refractivity contribution in [2.24, 2.45) is 18.8 Å². The number of aromatic nitrogens is 1. The van der Waals surface area contributed by atoms with Crippen LogP contribution in [0.1, 0.15) is 47.8 Å². The first kappa shape index (κ1) is 22.9. The Labute approximate surface area is 205 Å². The molecule has 178 valence electrons. The molecular formula is C29H30N4O2. The third kappa shape index (κ3) is 3.70. The standard InChI is InChI=1S/C29H30N4O2/c1-18(2)17-24(28(34)31-30)33-27(20-13-7-8-14-21(20)29(33)35)25-22-15-9-10-16-23(22)32(3)26(25)19-11-5-4-6-12-19/h4-16,18,24,27H,17,30H2,1-3H3,(H,31,34). The van der Waals surface area contributed by atoms with E-state index in [0.29, 0.717) is 12.0 Å². The monoisotopic (exact) mass is 466 g/mol. The van der Waals surface area contributed by atoms with Crippen molar-refractivity contribution in [2.75, 3.05) is 0 Å². The number of para-hydroxylation sites is 1. The largest absolute Gasteiger partial charge is 0.343 e. The van der Waals surface area contributed by atoms with Gasteiger partial charge < -0.3 is 9.47 Å². The summed E-state index contributed by atoms with van der Waals surface area (Å²) >= 11 is 0. The maximum absolute atomic E-state index is 13.9. The molecule has 1 aromatic heterocycles. The van der Waals surface area contributed by atoms with E-state index < -0.39 is 12.1 Å². The number of carbonyl (C=O) groups is 2. The van der Waals surface area contributed by atoms with Crippen LogP contribution in [0.4, 0.5) is 0 Å². The molecule has 35 heavy (non-hydrogen) atoms. The minimum atomic E-state index is -0.701. The molecule has 1 aliphatic heterocycles. The van der Waals surface area contributed by atoms with Crippen LogP contribution in [0.5, 0.6) is 0 Å². The quantitative estimate of drug-likeness (QED) is 0.243. The van der Waals surface area contributed by atoms with Crippen LogP contribution in [0.15, 0.2) is 78.9 Å². The number of aryl methyl sites for hydroxylation is 1. The molecule has 2 amide bonds. The molecule has 2 atom stereocenters. The number of carbonyl (C=O) groups excluding carboxylic acids is 2. The van der Waals surface area contributed by atoms with Crippen molar-refractivity contribution in [3.05, 3.63) is 95.6 Å². The van der Waals surface area contributed by atoms with Gasteiger partial charge in [-0.1, -0.05) is 80.6 Å². The molecule has 6 nitrogen and oxygen atoms in total. The fraction of sp³-hybridized carbons (Fsp3) is 0.241. The van der Waals surface area contributed by atoms with Gasteiger partial charge in [0.1, 0.15) is 6.04 Å². The number of hydrazine groups is 1. The molecule has 5 rings (SSSR count).